The Bertz CT molecular complexity index is 725. The molecule has 0 aromatic heterocycles. The first-order valence-electron chi connectivity index (χ1n) is 9.24. The highest BCUT2D eigenvalue weighted by molar-refractivity contribution is 7.89. The lowest BCUT2D eigenvalue weighted by Crippen LogP contribution is -2.56. The molecule has 0 spiro atoms. The smallest absolute Gasteiger partial charge is 0.243 e. The molecule has 0 N–H and O–H groups in total. The predicted octanol–water partition coefficient (Wildman–Crippen LogP) is 2.11. The molecule has 1 aromatic carbocycles. The van der Waals surface area contributed by atoms with Gasteiger partial charge in [-0.2, -0.15) is 4.31 Å². The lowest BCUT2D eigenvalue weighted by atomic mass is 9.92. The number of amides is 1. The average molecular weight is 381 g/mol. The molecule has 0 radical (unpaired) electrons. The maximum Gasteiger partial charge on any atom is 0.243 e. The van der Waals surface area contributed by atoms with Gasteiger partial charge in [0.2, 0.25) is 15.9 Å². The molecule has 2 fully saturated rings. The van der Waals surface area contributed by atoms with Crippen LogP contribution >= 0.6 is 0 Å². The second-order valence-corrected chi connectivity index (χ2v) is 9.71. The third-order valence-electron chi connectivity index (χ3n) is 5.36. The van der Waals surface area contributed by atoms with E-state index < -0.39 is 10.0 Å². The van der Waals surface area contributed by atoms with Crippen molar-refractivity contribution in [3.8, 4) is 0 Å². The first-order valence-corrected chi connectivity index (χ1v) is 10.7. The molecule has 2 aliphatic heterocycles. The molecule has 0 aliphatic carbocycles. The second-order valence-electron chi connectivity index (χ2n) is 7.78. The van der Waals surface area contributed by atoms with Crippen molar-refractivity contribution < 1.29 is 17.9 Å². The van der Waals surface area contributed by atoms with E-state index in [0.717, 1.165) is 12.8 Å². The van der Waals surface area contributed by atoms with E-state index in [1.54, 1.807) is 28.6 Å². The fourth-order valence-electron chi connectivity index (χ4n) is 3.77. The molecule has 0 unspecified atom stereocenters. The van der Waals surface area contributed by atoms with Crippen molar-refractivity contribution in [2.75, 3.05) is 32.8 Å². The summed E-state index contributed by atoms with van der Waals surface area (Å²) in [5.41, 5.74) is -0.271. The third-order valence-corrected chi connectivity index (χ3v) is 7.28. The summed E-state index contributed by atoms with van der Waals surface area (Å²) in [6.45, 7) is 6.78. The SMILES string of the molecule is CC1(C)COCCN1C(=O)CC1CCN(S(=O)(=O)c2ccccc2)CC1. The van der Waals surface area contributed by atoms with Gasteiger partial charge < -0.3 is 9.64 Å². The highest BCUT2D eigenvalue weighted by atomic mass is 32.2. The first-order chi connectivity index (χ1) is 12.3. The summed E-state index contributed by atoms with van der Waals surface area (Å²) in [5, 5.41) is 0. The fourth-order valence-corrected chi connectivity index (χ4v) is 5.26. The van der Waals surface area contributed by atoms with Crippen LogP contribution in [-0.4, -0.2) is 61.9 Å². The van der Waals surface area contributed by atoms with Crippen LogP contribution in [0.5, 0.6) is 0 Å². The summed E-state index contributed by atoms with van der Waals surface area (Å²) in [7, 11) is -3.43. The normalized spacial score (nSPS) is 22.3. The van der Waals surface area contributed by atoms with E-state index in [4.69, 9.17) is 4.74 Å². The number of hydrogen-bond acceptors (Lipinski definition) is 4. The number of piperidine rings is 1. The maximum atomic E-state index is 12.7. The largest absolute Gasteiger partial charge is 0.377 e. The predicted molar refractivity (Wildman–Crippen MR) is 99.2 cm³/mol. The second kappa shape index (κ2) is 7.66. The summed E-state index contributed by atoms with van der Waals surface area (Å²) in [4.78, 5) is 15.0. The molecule has 26 heavy (non-hydrogen) atoms. The van der Waals surface area contributed by atoms with Gasteiger partial charge in [0.1, 0.15) is 0 Å². The van der Waals surface area contributed by atoms with Crippen LogP contribution in [0.1, 0.15) is 33.1 Å². The number of carbonyl (C=O) groups excluding carboxylic acids is 1. The Labute approximate surface area is 156 Å². The van der Waals surface area contributed by atoms with Crippen LogP contribution in [0, 0.1) is 5.92 Å². The summed E-state index contributed by atoms with van der Waals surface area (Å²) in [5.74, 6) is 0.394. The van der Waals surface area contributed by atoms with Gasteiger partial charge in [-0.1, -0.05) is 18.2 Å². The van der Waals surface area contributed by atoms with Gasteiger partial charge in [0, 0.05) is 26.1 Å². The van der Waals surface area contributed by atoms with Crippen LogP contribution in [0.4, 0.5) is 0 Å². The number of nitrogens with zero attached hydrogens (tertiary/aromatic N) is 2. The number of sulfonamides is 1. The quantitative estimate of drug-likeness (QED) is 0.802. The Balaban J connectivity index is 1.56. The number of rotatable bonds is 4. The summed E-state index contributed by atoms with van der Waals surface area (Å²) < 4.78 is 32.4. The van der Waals surface area contributed by atoms with Crippen LogP contribution < -0.4 is 0 Å². The molecule has 7 heteroatoms. The van der Waals surface area contributed by atoms with Crippen LogP contribution in [0.25, 0.3) is 0 Å². The van der Waals surface area contributed by atoms with E-state index in [1.165, 1.54) is 0 Å². The van der Waals surface area contributed by atoms with E-state index >= 15 is 0 Å². The molecule has 144 valence electrons. The Hall–Kier alpha value is -1.44. The molecular weight excluding hydrogens is 352 g/mol. The molecule has 2 heterocycles. The summed E-state index contributed by atoms with van der Waals surface area (Å²) in [6.07, 6.45) is 1.94. The van der Waals surface area contributed by atoms with Gasteiger partial charge in [0.25, 0.3) is 0 Å². The van der Waals surface area contributed by atoms with Crippen molar-refractivity contribution in [3.63, 3.8) is 0 Å². The maximum absolute atomic E-state index is 12.7. The van der Waals surface area contributed by atoms with Gasteiger partial charge in [-0.05, 0) is 44.7 Å². The topological polar surface area (TPSA) is 66.9 Å². The third kappa shape index (κ3) is 4.10. The molecule has 0 bridgehead atoms. The number of hydrogen-bond donors (Lipinski definition) is 0. The number of ether oxygens (including phenoxy) is 1. The molecule has 2 saturated heterocycles. The van der Waals surface area contributed by atoms with Gasteiger partial charge in [-0.15, -0.1) is 0 Å². The van der Waals surface area contributed by atoms with Crippen LogP contribution in [0.15, 0.2) is 35.2 Å². The van der Waals surface area contributed by atoms with Crippen molar-refractivity contribution in [2.24, 2.45) is 5.92 Å². The Kier molecular flexibility index (Phi) is 5.69. The first kappa shape index (κ1) is 19.3. The number of benzene rings is 1. The fraction of sp³-hybridized carbons (Fsp3) is 0.632. The van der Waals surface area contributed by atoms with E-state index in [0.29, 0.717) is 44.2 Å². The van der Waals surface area contributed by atoms with Gasteiger partial charge >= 0.3 is 0 Å². The molecule has 2 aliphatic rings. The lowest BCUT2D eigenvalue weighted by molar-refractivity contribution is -0.147. The number of morpholine rings is 1. The van der Waals surface area contributed by atoms with E-state index in [1.807, 2.05) is 24.8 Å². The average Bonchev–Trinajstić information content (AvgIpc) is 2.62. The zero-order valence-corrected chi connectivity index (χ0v) is 16.4. The van der Waals surface area contributed by atoms with Crippen molar-refractivity contribution in [2.45, 2.75) is 43.5 Å². The minimum absolute atomic E-state index is 0.155. The highest BCUT2D eigenvalue weighted by Gasteiger charge is 2.36. The molecule has 6 nitrogen and oxygen atoms in total. The van der Waals surface area contributed by atoms with Crippen LogP contribution in [-0.2, 0) is 19.6 Å². The minimum atomic E-state index is -3.43. The number of carbonyl (C=O) groups is 1. The molecule has 0 atom stereocenters. The monoisotopic (exact) mass is 380 g/mol. The lowest BCUT2D eigenvalue weighted by Gasteiger charge is -2.43. The highest BCUT2D eigenvalue weighted by Crippen LogP contribution is 2.28. The molecular formula is C19H28N2O4S. The Morgan fingerprint density at radius 1 is 1.15 bits per heavy atom. The van der Waals surface area contributed by atoms with Gasteiger partial charge in [0.15, 0.2) is 0 Å². The zero-order chi connectivity index (χ0) is 18.8. The van der Waals surface area contributed by atoms with E-state index in [-0.39, 0.29) is 17.4 Å². The van der Waals surface area contributed by atoms with E-state index in [2.05, 4.69) is 0 Å². The van der Waals surface area contributed by atoms with Crippen molar-refractivity contribution in [1.29, 1.82) is 0 Å². The van der Waals surface area contributed by atoms with Crippen molar-refractivity contribution >= 4 is 15.9 Å². The molecule has 0 saturated carbocycles. The van der Waals surface area contributed by atoms with Crippen LogP contribution in [0.2, 0.25) is 0 Å². The molecule has 1 aromatic rings. The van der Waals surface area contributed by atoms with Crippen molar-refractivity contribution in [1.82, 2.24) is 9.21 Å². The van der Waals surface area contributed by atoms with Crippen LogP contribution in [0.3, 0.4) is 0 Å². The van der Waals surface area contributed by atoms with Gasteiger partial charge in [-0.3, -0.25) is 4.79 Å². The standard InChI is InChI=1S/C19H28N2O4S/c1-19(2)15-25-13-12-21(19)18(22)14-16-8-10-20(11-9-16)26(23,24)17-6-4-3-5-7-17/h3-7,16H,8-15H2,1-2H3. The van der Waals surface area contributed by atoms with Gasteiger partial charge in [-0.25, -0.2) is 8.42 Å². The molecule has 1 amide bonds. The van der Waals surface area contributed by atoms with Crippen molar-refractivity contribution in [3.05, 3.63) is 30.3 Å². The summed E-state index contributed by atoms with van der Waals surface area (Å²) >= 11 is 0. The Morgan fingerprint density at radius 2 is 1.81 bits per heavy atom. The summed E-state index contributed by atoms with van der Waals surface area (Å²) in [6, 6.07) is 8.55. The van der Waals surface area contributed by atoms with Gasteiger partial charge in [0.05, 0.1) is 23.6 Å². The Morgan fingerprint density at radius 3 is 2.42 bits per heavy atom. The zero-order valence-electron chi connectivity index (χ0n) is 15.6. The minimum Gasteiger partial charge on any atom is -0.377 e. The van der Waals surface area contributed by atoms with E-state index in [9.17, 15) is 13.2 Å². The molecule has 3 rings (SSSR count).